The van der Waals surface area contributed by atoms with Crippen LogP contribution in [0, 0.1) is 0 Å². The summed E-state index contributed by atoms with van der Waals surface area (Å²) >= 11 is 9.39. The number of carbonyl (C=O) groups excluding carboxylic acids is 1. The van der Waals surface area contributed by atoms with Crippen LogP contribution in [0.5, 0.6) is 0 Å². The van der Waals surface area contributed by atoms with E-state index in [2.05, 4.69) is 20.8 Å². The van der Waals surface area contributed by atoms with Crippen molar-refractivity contribution in [3.05, 3.63) is 33.3 Å². The molecule has 1 amide bonds. The van der Waals surface area contributed by atoms with E-state index in [4.69, 9.17) is 16.3 Å². The molecule has 0 saturated carbocycles. The highest BCUT2D eigenvalue weighted by Crippen LogP contribution is 2.20. The highest BCUT2D eigenvalue weighted by atomic mass is 79.9. The molecule has 0 heterocycles. The molecular weight excluding hydrogens is 356 g/mol. The summed E-state index contributed by atoms with van der Waals surface area (Å²) in [6.07, 6.45) is 0.921. The molecule has 0 saturated heterocycles. The summed E-state index contributed by atoms with van der Waals surface area (Å²) in [5, 5.41) is 0.549. The molecule has 0 unspecified atom stereocenters. The monoisotopic (exact) mass is 376 g/mol. The van der Waals surface area contributed by atoms with Crippen LogP contribution in [0.25, 0.3) is 0 Å². The number of methoxy groups -OCH3 is 1. The van der Waals surface area contributed by atoms with E-state index in [1.807, 2.05) is 19.0 Å². The number of rotatable bonds is 8. The average Bonchev–Trinajstić information content (AvgIpc) is 2.40. The number of carbonyl (C=O) groups is 1. The van der Waals surface area contributed by atoms with Gasteiger partial charge >= 0.3 is 0 Å². The smallest absolute Gasteiger partial charge is 0.254 e. The Balaban J connectivity index is 2.77. The Labute approximate surface area is 140 Å². The number of amides is 1. The van der Waals surface area contributed by atoms with E-state index in [1.165, 1.54) is 0 Å². The van der Waals surface area contributed by atoms with Crippen molar-refractivity contribution in [2.45, 2.75) is 6.42 Å². The number of benzene rings is 1. The maximum absolute atomic E-state index is 12.6. The van der Waals surface area contributed by atoms with Gasteiger partial charge in [-0.15, -0.1) is 0 Å². The summed E-state index contributed by atoms with van der Waals surface area (Å²) in [4.78, 5) is 16.5. The second-order valence-corrected chi connectivity index (χ2v) is 6.45. The predicted octanol–water partition coefficient (Wildman–Crippen LogP) is 3.14. The van der Waals surface area contributed by atoms with E-state index in [0.29, 0.717) is 30.3 Å². The van der Waals surface area contributed by atoms with Gasteiger partial charge in [-0.1, -0.05) is 27.5 Å². The van der Waals surface area contributed by atoms with Gasteiger partial charge in [0.05, 0.1) is 6.61 Å². The Bertz CT molecular complexity index is 449. The number of halogens is 2. The zero-order chi connectivity index (χ0) is 15.8. The molecule has 0 radical (unpaired) electrons. The van der Waals surface area contributed by atoms with Crippen LogP contribution in [0.3, 0.4) is 0 Å². The summed E-state index contributed by atoms with van der Waals surface area (Å²) in [6, 6.07) is 5.25. The number of hydrogen-bond acceptors (Lipinski definition) is 3. The molecule has 0 atom stereocenters. The quantitative estimate of drug-likeness (QED) is 0.698. The average molecular weight is 378 g/mol. The minimum absolute atomic E-state index is 0.0194. The Kier molecular flexibility index (Phi) is 8.26. The Hall–Kier alpha value is -0.620. The van der Waals surface area contributed by atoms with E-state index in [9.17, 15) is 4.79 Å². The van der Waals surface area contributed by atoms with Crippen molar-refractivity contribution in [1.82, 2.24) is 9.80 Å². The molecule has 0 N–H and O–H groups in total. The third-order valence-corrected chi connectivity index (χ3v) is 3.67. The van der Waals surface area contributed by atoms with Crippen molar-refractivity contribution in [3.8, 4) is 0 Å². The third kappa shape index (κ3) is 6.78. The van der Waals surface area contributed by atoms with Crippen LogP contribution in [-0.4, -0.2) is 63.2 Å². The fraction of sp³-hybridized carbons (Fsp3) is 0.533. The van der Waals surface area contributed by atoms with Gasteiger partial charge in [0.1, 0.15) is 0 Å². The Morgan fingerprint density at radius 1 is 1.24 bits per heavy atom. The molecule has 1 aromatic carbocycles. The van der Waals surface area contributed by atoms with E-state index < -0.39 is 0 Å². The summed E-state index contributed by atoms with van der Waals surface area (Å²) in [6.45, 7) is 2.74. The molecule has 0 aliphatic heterocycles. The van der Waals surface area contributed by atoms with E-state index in [1.54, 1.807) is 25.3 Å². The van der Waals surface area contributed by atoms with Crippen molar-refractivity contribution < 1.29 is 9.53 Å². The van der Waals surface area contributed by atoms with Crippen LogP contribution in [-0.2, 0) is 4.74 Å². The van der Waals surface area contributed by atoms with Crippen LogP contribution >= 0.6 is 27.5 Å². The van der Waals surface area contributed by atoms with Gasteiger partial charge in [0.25, 0.3) is 5.91 Å². The number of nitrogens with zero attached hydrogens (tertiary/aromatic N) is 2. The first-order valence-corrected chi connectivity index (χ1v) is 8.00. The molecule has 1 rings (SSSR count). The fourth-order valence-corrected chi connectivity index (χ4v) is 2.81. The first kappa shape index (κ1) is 18.4. The first-order chi connectivity index (χ1) is 9.93. The maximum atomic E-state index is 12.6. The molecule has 6 heteroatoms. The SMILES string of the molecule is COCCN(CCCN(C)C)C(=O)c1cc(Cl)cc(Br)c1. The molecule has 0 spiro atoms. The molecular formula is C15H22BrClN2O2. The summed E-state index contributed by atoms with van der Waals surface area (Å²) in [7, 11) is 5.68. The molecule has 21 heavy (non-hydrogen) atoms. The molecule has 4 nitrogen and oxygen atoms in total. The fourth-order valence-electron chi connectivity index (χ4n) is 1.95. The standard InChI is InChI=1S/C15H22BrClN2O2/c1-18(2)5-4-6-19(7-8-21-3)15(20)12-9-13(16)11-14(17)10-12/h9-11H,4-8H2,1-3H3. The highest BCUT2D eigenvalue weighted by molar-refractivity contribution is 9.10. The molecule has 0 aliphatic rings. The predicted molar refractivity (Wildman–Crippen MR) is 90.1 cm³/mol. The first-order valence-electron chi connectivity index (χ1n) is 6.83. The Morgan fingerprint density at radius 2 is 1.95 bits per heavy atom. The zero-order valence-electron chi connectivity index (χ0n) is 12.7. The molecule has 0 bridgehead atoms. The van der Waals surface area contributed by atoms with Gasteiger partial charge in [-0.3, -0.25) is 4.79 Å². The van der Waals surface area contributed by atoms with Gasteiger partial charge in [0.2, 0.25) is 0 Å². The van der Waals surface area contributed by atoms with Crippen molar-refractivity contribution >= 4 is 33.4 Å². The molecule has 118 valence electrons. The van der Waals surface area contributed by atoms with Gasteiger partial charge in [0, 0.05) is 35.3 Å². The van der Waals surface area contributed by atoms with Crippen LogP contribution in [0.15, 0.2) is 22.7 Å². The summed E-state index contributed by atoms with van der Waals surface area (Å²) < 4.78 is 5.90. The van der Waals surface area contributed by atoms with E-state index >= 15 is 0 Å². The Morgan fingerprint density at radius 3 is 2.52 bits per heavy atom. The lowest BCUT2D eigenvalue weighted by Crippen LogP contribution is -2.36. The highest BCUT2D eigenvalue weighted by Gasteiger charge is 2.16. The van der Waals surface area contributed by atoms with Crippen molar-refractivity contribution in [2.24, 2.45) is 0 Å². The second kappa shape index (κ2) is 9.41. The van der Waals surface area contributed by atoms with Crippen LogP contribution in [0.1, 0.15) is 16.8 Å². The van der Waals surface area contributed by atoms with Gasteiger partial charge in [0.15, 0.2) is 0 Å². The van der Waals surface area contributed by atoms with Gasteiger partial charge < -0.3 is 14.5 Å². The van der Waals surface area contributed by atoms with Crippen LogP contribution in [0.2, 0.25) is 5.02 Å². The molecule has 0 fully saturated rings. The minimum atomic E-state index is -0.0194. The molecule has 1 aromatic rings. The zero-order valence-corrected chi connectivity index (χ0v) is 15.1. The maximum Gasteiger partial charge on any atom is 0.254 e. The molecule has 0 aromatic heterocycles. The van der Waals surface area contributed by atoms with Gasteiger partial charge in [-0.05, 0) is 45.3 Å². The molecule has 0 aliphatic carbocycles. The van der Waals surface area contributed by atoms with Crippen LogP contribution < -0.4 is 0 Å². The van der Waals surface area contributed by atoms with Crippen molar-refractivity contribution in [3.63, 3.8) is 0 Å². The van der Waals surface area contributed by atoms with Gasteiger partial charge in [-0.2, -0.15) is 0 Å². The topological polar surface area (TPSA) is 32.8 Å². The second-order valence-electron chi connectivity index (χ2n) is 5.10. The lowest BCUT2D eigenvalue weighted by molar-refractivity contribution is 0.0689. The summed E-state index contributed by atoms with van der Waals surface area (Å²) in [5.41, 5.74) is 0.593. The van der Waals surface area contributed by atoms with Crippen molar-refractivity contribution in [1.29, 1.82) is 0 Å². The van der Waals surface area contributed by atoms with Crippen molar-refractivity contribution in [2.75, 3.05) is 47.4 Å². The number of ether oxygens (including phenoxy) is 1. The van der Waals surface area contributed by atoms with Crippen LogP contribution in [0.4, 0.5) is 0 Å². The van der Waals surface area contributed by atoms with E-state index in [0.717, 1.165) is 17.4 Å². The summed E-state index contributed by atoms with van der Waals surface area (Å²) in [5.74, 6) is -0.0194. The largest absolute Gasteiger partial charge is 0.383 e. The third-order valence-electron chi connectivity index (χ3n) is 3.00. The lowest BCUT2D eigenvalue weighted by atomic mass is 10.2. The van der Waals surface area contributed by atoms with E-state index in [-0.39, 0.29) is 5.91 Å². The lowest BCUT2D eigenvalue weighted by Gasteiger charge is -2.23. The van der Waals surface area contributed by atoms with Gasteiger partial charge in [-0.25, -0.2) is 0 Å². The normalized spacial score (nSPS) is 11.0. The minimum Gasteiger partial charge on any atom is -0.383 e. The number of hydrogen-bond donors (Lipinski definition) is 0.